The Morgan fingerprint density at radius 3 is 2.58 bits per heavy atom. The zero-order chi connectivity index (χ0) is 17.7. The van der Waals surface area contributed by atoms with Crippen LogP contribution in [-0.2, 0) is 4.79 Å². The molecule has 1 aliphatic rings. The van der Waals surface area contributed by atoms with E-state index in [4.69, 9.17) is 5.11 Å². The van der Waals surface area contributed by atoms with E-state index in [2.05, 4.69) is 24.3 Å². The number of carbonyl (C=O) groups excluding carboxylic acids is 1. The molecule has 0 aliphatic heterocycles. The molecule has 2 rings (SSSR count). The number of amides is 1. The van der Waals surface area contributed by atoms with E-state index in [0.29, 0.717) is 18.3 Å². The van der Waals surface area contributed by atoms with E-state index in [1.165, 1.54) is 0 Å². The molecule has 0 saturated heterocycles. The van der Waals surface area contributed by atoms with Crippen molar-refractivity contribution in [2.45, 2.75) is 64.6 Å². The Bertz CT molecular complexity index is 562. The van der Waals surface area contributed by atoms with Crippen molar-refractivity contribution in [3.8, 4) is 0 Å². The van der Waals surface area contributed by atoms with Gasteiger partial charge in [-0.05, 0) is 38.3 Å². The number of nitrogens with one attached hydrogen (secondary N) is 1. The summed E-state index contributed by atoms with van der Waals surface area (Å²) in [7, 11) is 0. The van der Waals surface area contributed by atoms with Crippen molar-refractivity contribution in [1.82, 2.24) is 20.0 Å². The van der Waals surface area contributed by atoms with Gasteiger partial charge in [0.15, 0.2) is 0 Å². The molecule has 0 unspecified atom stereocenters. The Labute approximate surface area is 143 Å². The second-order valence-electron chi connectivity index (χ2n) is 6.40. The lowest BCUT2D eigenvalue weighted by atomic mass is 9.85. The highest BCUT2D eigenvalue weighted by atomic mass is 16.4. The maximum absolute atomic E-state index is 12.3. The first kappa shape index (κ1) is 18.4. The van der Waals surface area contributed by atoms with Gasteiger partial charge in [-0.15, -0.1) is 0 Å². The van der Waals surface area contributed by atoms with Crippen molar-refractivity contribution < 1.29 is 14.7 Å². The van der Waals surface area contributed by atoms with Crippen LogP contribution in [0.3, 0.4) is 0 Å². The third-order valence-corrected chi connectivity index (χ3v) is 4.87. The summed E-state index contributed by atoms with van der Waals surface area (Å²) in [4.78, 5) is 25.1. The molecule has 1 aliphatic carbocycles. The van der Waals surface area contributed by atoms with E-state index in [1.54, 1.807) is 6.07 Å². The second kappa shape index (κ2) is 8.28. The predicted octanol–water partition coefficient (Wildman–Crippen LogP) is 1.91. The van der Waals surface area contributed by atoms with Gasteiger partial charge in [-0.3, -0.25) is 19.2 Å². The van der Waals surface area contributed by atoms with E-state index in [9.17, 15) is 9.59 Å². The zero-order valence-corrected chi connectivity index (χ0v) is 14.7. The average molecular weight is 336 g/mol. The standard InChI is InChI=1S/C17H28N4O3/c1-4-13(5-2)21-8-7-15(19-21)17(24)18-12-9-14(10-12)20(6-3)11-16(22)23/h7-8,12-14H,4-6,9-11H2,1-3H3,(H,18,24)(H,22,23). The van der Waals surface area contributed by atoms with Gasteiger partial charge >= 0.3 is 5.97 Å². The molecule has 7 nitrogen and oxygen atoms in total. The quantitative estimate of drug-likeness (QED) is 0.719. The van der Waals surface area contributed by atoms with Gasteiger partial charge in [-0.2, -0.15) is 5.10 Å². The number of hydrogen-bond donors (Lipinski definition) is 2. The second-order valence-corrected chi connectivity index (χ2v) is 6.40. The number of likely N-dealkylation sites (N-methyl/N-ethyl adjacent to an activating group) is 1. The summed E-state index contributed by atoms with van der Waals surface area (Å²) in [6.07, 6.45) is 5.42. The number of hydrogen-bond acceptors (Lipinski definition) is 4. The third kappa shape index (κ3) is 4.35. The molecular formula is C17H28N4O3. The minimum absolute atomic E-state index is 0.0572. The van der Waals surface area contributed by atoms with Gasteiger partial charge < -0.3 is 10.4 Å². The largest absolute Gasteiger partial charge is 0.480 e. The molecule has 0 bridgehead atoms. The van der Waals surface area contributed by atoms with Crippen molar-refractivity contribution in [3.63, 3.8) is 0 Å². The van der Waals surface area contributed by atoms with Gasteiger partial charge in [0.05, 0.1) is 12.6 Å². The molecule has 0 atom stereocenters. The van der Waals surface area contributed by atoms with Crippen molar-refractivity contribution in [2.24, 2.45) is 0 Å². The van der Waals surface area contributed by atoms with Crippen LogP contribution in [0.5, 0.6) is 0 Å². The molecule has 24 heavy (non-hydrogen) atoms. The molecule has 0 radical (unpaired) electrons. The predicted molar refractivity (Wildman–Crippen MR) is 91.0 cm³/mol. The van der Waals surface area contributed by atoms with Crippen LogP contribution in [0.2, 0.25) is 0 Å². The lowest BCUT2D eigenvalue weighted by Gasteiger charge is -2.42. The fourth-order valence-electron chi connectivity index (χ4n) is 3.26. The van der Waals surface area contributed by atoms with Gasteiger partial charge in [-0.1, -0.05) is 20.8 Å². The summed E-state index contributed by atoms with van der Waals surface area (Å²) in [6.45, 7) is 6.94. The fourth-order valence-corrected chi connectivity index (χ4v) is 3.26. The summed E-state index contributed by atoms with van der Waals surface area (Å²) in [5.41, 5.74) is 0.447. The lowest BCUT2D eigenvalue weighted by molar-refractivity contribution is -0.139. The lowest BCUT2D eigenvalue weighted by Crippen LogP contribution is -2.54. The van der Waals surface area contributed by atoms with E-state index in [-0.39, 0.29) is 24.5 Å². The maximum atomic E-state index is 12.3. The maximum Gasteiger partial charge on any atom is 0.317 e. The van der Waals surface area contributed by atoms with Crippen LogP contribution in [0.1, 0.15) is 63.0 Å². The first-order valence-corrected chi connectivity index (χ1v) is 8.80. The summed E-state index contributed by atoms with van der Waals surface area (Å²) in [5, 5.41) is 16.3. The van der Waals surface area contributed by atoms with Gasteiger partial charge in [0.1, 0.15) is 5.69 Å². The van der Waals surface area contributed by atoms with Crippen LogP contribution < -0.4 is 5.32 Å². The molecule has 1 saturated carbocycles. The van der Waals surface area contributed by atoms with Gasteiger partial charge in [0, 0.05) is 18.3 Å². The highest BCUT2D eigenvalue weighted by Crippen LogP contribution is 2.26. The number of carbonyl (C=O) groups is 2. The zero-order valence-electron chi connectivity index (χ0n) is 14.7. The molecule has 7 heteroatoms. The average Bonchev–Trinajstić information content (AvgIpc) is 2.99. The van der Waals surface area contributed by atoms with Crippen LogP contribution in [0.4, 0.5) is 0 Å². The minimum atomic E-state index is -0.809. The van der Waals surface area contributed by atoms with Crippen molar-refractivity contribution in [1.29, 1.82) is 0 Å². The van der Waals surface area contributed by atoms with Crippen molar-refractivity contribution in [2.75, 3.05) is 13.1 Å². The van der Waals surface area contributed by atoms with E-state index >= 15 is 0 Å². The van der Waals surface area contributed by atoms with Crippen molar-refractivity contribution in [3.05, 3.63) is 18.0 Å². The fraction of sp³-hybridized carbons (Fsp3) is 0.706. The molecule has 1 heterocycles. The molecule has 0 aromatic carbocycles. The highest BCUT2D eigenvalue weighted by molar-refractivity contribution is 5.92. The Balaban J connectivity index is 1.83. The number of carboxylic acids is 1. The minimum Gasteiger partial charge on any atom is -0.480 e. The summed E-state index contributed by atoms with van der Waals surface area (Å²) in [5.74, 6) is -0.958. The molecule has 1 aromatic heterocycles. The first-order chi connectivity index (χ1) is 11.5. The van der Waals surface area contributed by atoms with Gasteiger partial charge in [0.2, 0.25) is 0 Å². The number of nitrogens with zero attached hydrogens (tertiary/aromatic N) is 3. The van der Waals surface area contributed by atoms with E-state index < -0.39 is 5.97 Å². The van der Waals surface area contributed by atoms with Gasteiger partial charge in [-0.25, -0.2) is 0 Å². The monoisotopic (exact) mass is 336 g/mol. The molecule has 0 spiro atoms. The topological polar surface area (TPSA) is 87.5 Å². The molecule has 2 N–H and O–H groups in total. The Kier molecular flexibility index (Phi) is 6.36. The van der Waals surface area contributed by atoms with E-state index in [0.717, 1.165) is 25.7 Å². The van der Waals surface area contributed by atoms with Crippen LogP contribution in [0.25, 0.3) is 0 Å². The number of aliphatic carboxylic acids is 1. The Morgan fingerprint density at radius 1 is 1.38 bits per heavy atom. The van der Waals surface area contributed by atoms with E-state index in [1.807, 2.05) is 22.7 Å². The van der Waals surface area contributed by atoms with Gasteiger partial charge in [0.25, 0.3) is 5.91 Å². The number of aromatic nitrogens is 2. The van der Waals surface area contributed by atoms with Crippen LogP contribution >= 0.6 is 0 Å². The summed E-state index contributed by atoms with van der Waals surface area (Å²) < 4.78 is 1.87. The smallest absolute Gasteiger partial charge is 0.317 e. The SMILES string of the molecule is CCC(CC)n1ccc(C(=O)NC2CC(N(CC)CC(=O)O)C2)n1. The summed E-state index contributed by atoms with van der Waals surface area (Å²) in [6, 6.07) is 2.42. The first-order valence-electron chi connectivity index (χ1n) is 8.80. The molecule has 134 valence electrons. The van der Waals surface area contributed by atoms with Crippen molar-refractivity contribution >= 4 is 11.9 Å². The highest BCUT2D eigenvalue weighted by Gasteiger charge is 2.35. The molecular weight excluding hydrogens is 308 g/mol. The molecule has 1 aromatic rings. The normalized spacial score (nSPS) is 20.2. The van der Waals surface area contributed by atoms with Crippen LogP contribution in [-0.4, -0.2) is 56.8 Å². The molecule has 1 amide bonds. The van der Waals surface area contributed by atoms with Crippen LogP contribution in [0, 0.1) is 0 Å². The Hall–Kier alpha value is -1.89. The number of carboxylic acid groups (broad SMARTS) is 1. The Morgan fingerprint density at radius 2 is 2.04 bits per heavy atom. The summed E-state index contributed by atoms with van der Waals surface area (Å²) >= 11 is 0. The number of rotatable bonds is 9. The third-order valence-electron chi connectivity index (χ3n) is 4.87. The van der Waals surface area contributed by atoms with Crippen LogP contribution in [0.15, 0.2) is 12.3 Å². The molecule has 1 fully saturated rings.